The van der Waals surface area contributed by atoms with Crippen LogP contribution in [0.5, 0.6) is 0 Å². The highest BCUT2D eigenvalue weighted by Gasteiger charge is 2.20. The van der Waals surface area contributed by atoms with Crippen molar-refractivity contribution in [3.8, 4) is 0 Å². The van der Waals surface area contributed by atoms with Crippen molar-refractivity contribution in [3.63, 3.8) is 0 Å². The number of hydrogen-bond donors (Lipinski definition) is 0. The lowest BCUT2D eigenvalue weighted by Gasteiger charge is -2.22. The zero-order valence-corrected chi connectivity index (χ0v) is 16.2. The van der Waals surface area contributed by atoms with Crippen LogP contribution in [0.25, 0.3) is 11.0 Å². The molecule has 5 heteroatoms. The average molecular weight is 356 g/mol. The maximum atomic E-state index is 12.4. The number of carbonyl (C=O) groups is 1. The molecule has 26 heavy (non-hydrogen) atoms. The average Bonchev–Trinajstić information content (AvgIpc) is 3.08. The second kappa shape index (κ2) is 7.62. The second-order valence-electron chi connectivity index (χ2n) is 7.71. The molecule has 1 fully saturated rings. The van der Waals surface area contributed by atoms with E-state index in [1.165, 1.54) is 5.56 Å². The fraction of sp³-hybridized carbons (Fsp3) is 0.524. The first kappa shape index (κ1) is 18.6. The van der Waals surface area contributed by atoms with E-state index in [0.29, 0.717) is 24.6 Å². The topological polar surface area (TPSA) is 53.8 Å². The molecular weight excluding hydrogens is 328 g/mol. The zero-order valence-electron chi connectivity index (χ0n) is 16.2. The maximum absolute atomic E-state index is 12.4. The Bertz CT molecular complexity index is 863. The summed E-state index contributed by atoms with van der Waals surface area (Å²) in [4.78, 5) is 28.3. The highest BCUT2D eigenvalue weighted by atomic mass is 16.4. The molecule has 2 heterocycles. The first-order valence-electron chi connectivity index (χ1n) is 9.38. The summed E-state index contributed by atoms with van der Waals surface area (Å²) < 4.78 is 5.41. The smallest absolute Gasteiger partial charge is 0.336 e. The second-order valence-corrected chi connectivity index (χ2v) is 7.71. The fourth-order valence-electron chi connectivity index (χ4n) is 3.79. The van der Waals surface area contributed by atoms with E-state index in [-0.39, 0.29) is 11.5 Å². The highest BCUT2D eigenvalue weighted by molar-refractivity contribution is 5.82. The minimum absolute atomic E-state index is 0.163. The third-order valence-electron chi connectivity index (χ3n) is 5.14. The first-order chi connectivity index (χ1) is 12.3. The van der Waals surface area contributed by atoms with Crippen molar-refractivity contribution in [1.82, 2.24) is 9.80 Å². The summed E-state index contributed by atoms with van der Waals surface area (Å²) in [5.74, 6) is 0.560. The van der Waals surface area contributed by atoms with Crippen LogP contribution < -0.4 is 5.63 Å². The van der Waals surface area contributed by atoms with Crippen LogP contribution in [-0.2, 0) is 11.3 Å². The number of likely N-dealkylation sites (N-methyl/N-ethyl adjacent to an activating group) is 1. The van der Waals surface area contributed by atoms with Gasteiger partial charge in [-0.1, -0.05) is 13.8 Å². The molecule has 0 N–H and O–H groups in total. The van der Waals surface area contributed by atoms with E-state index >= 15 is 0 Å². The van der Waals surface area contributed by atoms with Gasteiger partial charge in [0, 0.05) is 31.1 Å². The number of aryl methyl sites for hydroxylation is 1. The van der Waals surface area contributed by atoms with Crippen molar-refractivity contribution in [2.45, 2.75) is 46.1 Å². The molecule has 5 nitrogen and oxygen atoms in total. The molecule has 1 aliphatic rings. The molecule has 0 saturated carbocycles. The van der Waals surface area contributed by atoms with Gasteiger partial charge in [0.25, 0.3) is 0 Å². The van der Waals surface area contributed by atoms with E-state index in [1.807, 2.05) is 29.8 Å². The number of nitrogens with zero attached hydrogens (tertiary/aromatic N) is 2. The van der Waals surface area contributed by atoms with Crippen LogP contribution in [0.15, 0.2) is 27.4 Å². The van der Waals surface area contributed by atoms with Crippen molar-refractivity contribution >= 4 is 16.9 Å². The quantitative estimate of drug-likeness (QED) is 0.772. The number of fused-ring (bicyclic) bond motifs is 1. The third kappa shape index (κ3) is 3.98. The van der Waals surface area contributed by atoms with Gasteiger partial charge in [-0.15, -0.1) is 0 Å². The van der Waals surface area contributed by atoms with E-state index < -0.39 is 0 Å². The van der Waals surface area contributed by atoms with Gasteiger partial charge >= 0.3 is 5.63 Å². The van der Waals surface area contributed by atoms with Gasteiger partial charge in [-0.05, 0) is 61.6 Å². The Hall–Kier alpha value is -2.14. The molecule has 0 unspecified atom stereocenters. The lowest BCUT2D eigenvalue weighted by Crippen LogP contribution is -2.37. The van der Waals surface area contributed by atoms with Crippen molar-refractivity contribution in [2.24, 2.45) is 0 Å². The van der Waals surface area contributed by atoms with Gasteiger partial charge in [-0.25, -0.2) is 4.79 Å². The highest BCUT2D eigenvalue weighted by Crippen LogP contribution is 2.27. The van der Waals surface area contributed by atoms with Crippen LogP contribution in [0, 0.1) is 6.92 Å². The summed E-state index contributed by atoms with van der Waals surface area (Å²) >= 11 is 0. The van der Waals surface area contributed by atoms with Crippen LogP contribution in [0.2, 0.25) is 0 Å². The molecule has 140 valence electrons. The number of hydrogen-bond acceptors (Lipinski definition) is 4. The summed E-state index contributed by atoms with van der Waals surface area (Å²) in [6, 6.07) is 5.63. The van der Waals surface area contributed by atoms with Crippen LogP contribution in [-0.4, -0.2) is 42.4 Å². The van der Waals surface area contributed by atoms with Gasteiger partial charge in [-0.3, -0.25) is 9.69 Å². The Morgan fingerprint density at radius 2 is 1.92 bits per heavy atom. The van der Waals surface area contributed by atoms with Crippen LogP contribution in [0.3, 0.4) is 0 Å². The molecule has 1 amide bonds. The summed E-state index contributed by atoms with van der Waals surface area (Å²) in [6.45, 7) is 9.00. The molecule has 0 radical (unpaired) electrons. The van der Waals surface area contributed by atoms with Gasteiger partial charge in [0.15, 0.2) is 0 Å². The van der Waals surface area contributed by atoms with Crippen molar-refractivity contribution in [1.29, 1.82) is 0 Å². The molecule has 0 bridgehead atoms. The van der Waals surface area contributed by atoms with Gasteiger partial charge in [-0.2, -0.15) is 0 Å². The lowest BCUT2D eigenvalue weighted by atomic mass is 9.95. The van der Waals surface area contributed by atoms with Crippen LogP contribution in [0.4, 0.5) is 0 Å². The lowest BCUT2D eigenvalue weighted by molar-refractivity contribution is -0.131. The van der Waals surface area contributed by atoms with Crippen molar-refractivity contribution in [3.05, 3.63) is 45.3 Å². The molecule has 1 saturated heterocycles. The Kier molecular flexibility index (Phi) is 5.47. The Balaban J connectivity index is 1.87. The number of carbonyl (C=O) groups excluding carboxylic acids is 1. The van der Waals surface area contributed by atoms with Gasteiger partial charge in [0.05, 0.1) is 6.54 Å². The van der Waals surface area contributed by atoms with E-state index in [2.05, 4.69) is 19.9 Å². The molecule has 0 spiro atoms. The number of benzene rings is 1. The van der Waals surface area contributed by atoms with Crippen molar-refractivity contribution in [2.75, 3.05) is 26.7 Å². The van der Waals surface area contributed by atoms with Gasteiger partial charge in [0.2, 0.25) is 5.91 Å². The molecule has 0 aliphatic carbocycles. The molecular formula is C21H28N2O3. The predicted octanol–water partition coefficient (Wildman–Crippen LogP) is 3.28. The minimum Gasteiger partial charge on any atom is -0.423 e. The number of rotatable bonds is 5. The largest absolute Gasteiger partial charge is 0.423 e. The summed E-state index contributed by atoms with van der Waals surface area (Å²) in [7, 11) is 1.92. The molecule has 3 rings (SSSR count). The molecule has 1 aromatic carbocycles. The summed E-state index contributed by atoms with van der Waals surface area (Å²) in [5, 5.41) is 0.958. The minimum atomic E-state index is -0.344. The predicted molar refractivity (Wildman–Crippen MR) is 103 cm³/mol. The molecule has 2 aromatic rings. The summed E-state index contributed by atoms with van der Waals surface area (Å²) in [6.07, 6.45) is 2.19. The zero-order chi connectivity index (χ0) is 18.8. The molecule has 1 aliphatic heterocycles. The monoisotopic (exact) mass is 356 g/mol. The maximum Gasteiger partial charge on any atom is 0.336 e. The Labute approximate surface area is 154 Å². The van der Waals surface area contributed by atoms with Gasteiger partial charge < -0.3 is 9.32 Å². The summed E-state index contributed by atoms with van der Waals surface area (Å²) in [5.41, 5.74) is 3.57. The third-order valence-corrected chi connectivity index (χ3v) is 5.14. The van der Waals surface area contributed by atoms with Crippen LogP contribution >= 0.6 is 0 Å². The van der Waals surface area contributed by atoms with E-state index in [0.717, 1.165) is 42.4 Å². The van der Waals surface area contributed by atoms with E-state index in [1.54, 1.807) is 6.07 Å². The van der Waals surface area contributed by atoms with Crippen LogP contribution in [0.1, 0.15) is 49.3 Å². The molecule has 0 atom stereocenters. The first-order valence-corrected chi connectivity index (χ1v) is 9.38. The Morgan fingerprint density at radius 3 is 2.58 bits per heavy atom. The number of amides is 1. The normalized spacial score (nSPS) is 14.8. The SMILES string of the molecule is Cc1cc2oc(=O)cc(CN(C)CC(=O)N3CCCC3)c2cc1C(C)C. The number of likely N-dealkylation sites (tertiary alicyclic amines) is 1. The standard InChI is InChI=1S/C21H28N2O3/c1-14(2)17-11-18-16(10-21(25)26-19(18)9-15(17)3)12-22(4)13-20(24)23-7-5-6-8-23/h9-11,14H,5-8,12-13H2,1-4H3. The fourth-order valence-corrected chi connectivity index (χ4v) is 3.79. The van der Waals surface area contributed by atoms with E-state index in [9.17, 15) is 9.59 Å². The van der Waals surface area contributed by atoms with Crippen molar-refractivity contribution < 1.29 is 9.21 Å². The Morgan fingerprint density at radius 1 is 1.23 bits per heavy atom. The molecule has 1 aromatic heterocycles. The van der Waals surface area contributed by atoms with E-state index in [4.69, 9.17) is 4.42 Å². The van der Waals surface area contributed by atoms with Gasteiger partial charge in [0.1, 0.15) is 5.58 Å².